The van der Waals surface area contributed by atoms with E-state index in [1.165, 1.54) is 0 Å². The monoisotopic (exact) mass is 308 g/mol. The molecular weight excluding hydrogens is 292 g/mol. The number of carbonyl (C=O) groups excluding carboxylic acids is 2. The number of Topliss-reactive ketones (excluding diaryl/α,β-unsaturated/α-hetero) is 1. The van der Waals surface area contributed by atoms with E-state index in [0.717, 1.165) is 10.9 Å². The highest BCUT2D eigenvalue weighted by atomic mass is 16.5. The van der Waals surface area contributed by atoms with Gasteiger partial charge in [-0.3, -0.25) is 0 Å². The third kappa shape index (κ3) is 3.66. The number of ether oxygens (including phenoxy) is 1. The van der Waals surface area contributed by atoms with Crippen molar-refractivity contribution in [2.75, 3.05) is 0 Å². The van der Waals surface area contributed by atoms with Crippen LogP contribution in [0, 0.1) is 0 Å². The SMILES string of the molecule is CC(=O)CCc1ccc(OC(=O)c2cc3ccccc3o2)cc1. The van der Waals surface area contributed by atoms with Crippen LogP contribution in [-0.4, -0.2) is 11.8 Å². The van der Waals surface area contributed by atoms with Crippen molar-refractivity contribution in [1.82, 2.24) is 0 Å². The van der Waals surface area contributed by atoms with Crippen molar-refractivity contribution in [3.8, 4) is 5.75 Å². The second-order valence-electron chi connectivity index (χ2n) is 5.38. The van der Waals surface area contributed by atoms with E-state index in [9.17, 15) is 9.59 Å². The maximum atomic E-state index is 12.1. The minimum atomic E-state index is -0.530. The van der Waals surface area contributed by atoms with Crippen molar-refractivity contribution in [3.05, 3.63) is 65.9 Å². The molecule has 0 saturated heterocycles. The van der Waals surface area contributed by atoms with Gasteiger partial charge in [0.25, 0.3) is 0 Å². The second kappa shape index (κ2) is 6.48. The number of hydrogen-bond donors (Lipinski definition) is 0. The van der Waals surface area contributed by atoms with Crippen molar-refractivity contribution in [1.29, 1.82) is 0 Å². The van der Waals surface area contributed by atoms with Crippen molar-refractivity contribution in [2.24, 2.45) is 0 Å². The zero-order valence-electron chi connectivity index (χ0n) is 12.7. The zero-order chi connectivity index (χ0) is 16.2. The Kier molecular flexibility index (Phi) is 4.24. The molecule has 0 radical (unpaired) electrons. The first-order valence-corrected chi connectivity index (χ1v) is 7.41. The maximum absolute atomic E-state index is 12.1. The largest absolute Gasteiger partial charge is 0.449 e. The first-order chi connectivity index (χ1) is 11.1. The molecule has 0 aliphatic heterocycles. The summed E-state index contributed by atoms with van der Waals surface area (Å²) in [4.78, 5) is 23.1. The molecule has 1 aromatic heterocycles. The van der Waals surface area contributed by atoms with E-state index in [0.29, 0.717) is 24.2 Å². The van der Waals surface area contributed by atoms with Gasteiger partial charge in [0, 0.05) is 11.8 Å². The lowest BCUT2D eigenvalue weighted by molar-refractivity contribution is -0.116. The molecule has 4 nitrogen and oxygen atoms in total. The van der Waals surface area contributed by atoms with Crippen molar-refractivity contribution >= 4 is 22.7 Å². The van der Waals surface area contributed by atoms with Crippen molar-refractivity contribution in [3.63, 3.8) is 0 Å². The fraction of sp³-hybridized carbons (Fsp3) is 0.158. The number of para-hydroxylation sites is 1. The highest BCUT2D eigenvalue weighted by Crippen LogP contribution is 2.21. The topological polar surface area (TPSA) is 56.5 Å². The standard InChI is InChI=1S/C19H16O4/c1-13(20)6-7-14-8-10-16(11-9-14)22-19(21)18-12-15-4-2-3-5-17(15)23-18/h2-5,8-12H,6-7H2,1H3. The Morgan fingerprint density at radius 1 is 1.04 bits per heavy atom. The average molecular weight is 308 g/mol. The number of hydrogen-bond acceptors (Lipinski definition) is 4. The molecule has 23 heavy (non-hydrogen) atoms. The first kappa shape index (κ1) is 15.0. The van der Waals surface area contributed by atoms with E-state index in [4.69, 9.17) is 9.15 Å². The van der Waals surface area contributed by atoms with E-state index >= 15 is 0 Å². The molecule has 2 aromatic carbocycles. The van der Waals surface area contributed by atoms with Crippen molar-refractivity contribution in [2.45, 2.75) is 19.8 Å². The van der Waals surface area contributed by atoms with Gasteiger partial charge in [-0.05, 0) is 43.2 Å². The molecule has 0 unspecified atom stereocenters. The molecule has 0 saturated carbocycles. The van der Waals surface area contributed by atoms with Gasteiger partial charge in [0.2, 0.25) is 5.76 Å². The Labute approximate surface area is 133 Å². The van der Waals surface area contributed by atoms with Crippen LogP contribution in [0.5, 0.6) is 5.75 Å². The minimum Gasteiger partial charge on any atom is -0.449 e. The number of rotatable bonds is 5. The molecule has 0 atom stereocenters. The summed E-state index contributed by atoms with van der Waals surface area (Å²) in [6, 6.07) is 16.2. The lowest BCUT2D eigenvalue weighted by atomic mass is 10.1. The van der Waals surface area contributed by atoms with Gasteiger partial charge in [-0.2, -0.15) is 0 Å². The highest BCUT2D eigenvalue weighted by molar-refractivity contribution is 5.93. The summed E-state index contributed by atoms with van der Waals surface area (Å²) in [6.07, 6.45) is 1.20. The van der Waals surface area contributed by atoms with Gasteiger partial charge in [0.05, 0.1) is 0 Å². The molecule has 3 rings (SSSR count). The van der Waals surface area contributed by atoms with Gasteiger partial charge in [0.15, 0.2) is 0 Å². The molecule has 0 spiro atoms. The predicted octanol–water partition coefficient (Wildman–Crippen LogP) is 4.17. The maximum Gasteiger partial charge on any atom is 0.379 e. The summed E-state index contributed by atoms with van der Waals surface area (Å²) in [5.74, 6) is 0.247. The lowest BCUT2D eigenvalue weighted by Gasteiger charge is -2.04. The third-order valence-electron chi connectivity index (χ3n) is 3.53. The van der Waals surface area contributed by atoms with E-state index in [-0.39, 0.29) is 11.5 Å². The van der Waals surface area contributed by atoms with Gasteiger partial charge in [-0.15, -0.1) is 0 Å². The molecule has 0 aliphatic carbocycles. The number of fused-ring (bicyclic) bond motifs is 1. The van der Waals surface area contributed by atoms with Crippen LogP contribution in [0.3, 0.4) is 0 Å². The average Bonchev–Trinajstić information content (AvgIpc) is 2.98. The van der Waals surface area contributed by atoms with Crippen LogP contribution in [0.1, 0.15) is 29.5 Å². The molecular formula is C19H16O4. The van der Waals surface area contributed by atoms with Crippen LogP contribution in [0.2, 0.25) is 0 Å². The van der Waals surface area contributed by atoms with Gasteiger partial charge >= 0.3 is 5.97 Å². The molecule has 0 N–H and O–H groups in total. The van der Waals surface area contributed by atoms with Crippen molar-refractivity contribution < 1.29 is 18.7 Å². The van der Waals surface area contributed by atoms with Gasteiger partial charge in [-0.25, -0.2) is 4.79 Å². The summed E-state index contributed by atoms with van der Waals surface area (Å²) in [7, 11) is 0. The smallest absolute Gasteiger partial charge is 0.379 e. The summed E-state index contributed by atoms with van der Waals surface area (Å²) < 4.78 is 10.8. The summed E-state index contributed by atoms with van der Waals surface area (Å²) in [5, 5.41) is 0.860. The second-order valence-corrected chi connectivity index (χ2v) is 5.38. The Bertz CT molecular complexity index is 810. The zero-order valence-corrected chi connectivity index (χ0v) is 12.7. The number of ketones is 1. The van der Waals surface area contributed by atoms with Crippen LogP contribution in [0.15, 0.2) is 59.0 Å². The van der Waals surface area contributed by atoms with Gasteiger partial charge in [0.1, 0.15) is 17.1 Å². The van der Waals surface area contributed by atoms with Gasteiger partial charge in [-0.1, -0.05) is 30.3 Å². The normalized spacial score (nSPS) is 10.7. The number of carbonyl (C=O) groups is 2. The molecule has 1 heterocycles. The van der Waals surface area contributed by atoms with E-state index in [2.05, 4.69) is 0 Å². The number of aryl methyl sites for hydroxylation is 1. The molecule has 116 valence electrons. The Balaban J connectivity index is 1.68. The Morgan fingerprint density at radius 3 is 2.48 bits per heavy atom. The molecule has 0 amide bonds. The van der Waals surface area contributed by atoms with Crippen LogP contribution in [0.4, 0.5) is 0 Å². The fourth-order valence-electron chi connectivity index (χ4n) is 2.28. The molecule has 3 aromatic rings. The van der Waals surface area contributed by atoms with E-state index in [1.807, 2.05) is 30.3 Å². The Hall–Kier alpha value is -2.88. The van der Waals surface area contributed by atoms with Crippen LogP contribution < -0.4 is 4.74 Å². The molecule has 0 aliphatic rings. The number of esters is 1. The molecule has 0 bridgehead atoms. The minimum absolute atomic E-state index is 0.158. The predicted molar refractivity (Wildman–Crippen MR) is 86.6 cm³/mol. The van der Waals surface area contributed by atoms with Crippen LogP contribution in [0.25, 0.3) is 11.0 Å². The summed E-state index contributed by atoms with van der Waals surface area (Å²) in [5.41, 5.74) is 1.68. The molecule has 0 fully saturated rings. The quantitative estimate of drug-likeness (QED) is 0.524. The molecule has 4 heteroatoms. The van der Waals surface area contributed by atoms with Gasteiger partial charge < -0.3 is 13.9 Å². The van der Waals surface area contributed by atoms with Crippen LogP contribution >= 0.6 is 0 Å². The first-order valence-electron chi connectivity index (χ1n) is 7.41. The number of furan rings is 1. The fourth-order valence-corrected chi connectivity index (χ4v) is 2.28. The third-order valence-corrected chi connectivity index (χ3v) is 3.53. The highest BCUT2D eigenvalue weighted by Gasteiger charge is 2.14. The van der Waals surface area contributed by atoms with Crippen LogP contribution in [-0.2, 0) is 11.2 Å². The Morgan fingerprint density at radius 2 is 1.78 bits per heavy atom. The summed E-state index contributed by atoms with van der Waals surface area (Å²) >= 11 is 0. The lowest BCUT2D eigenvalue weighted by Crippen LogP contribution is -2.07. The number of benzene rings is 2. The summed E-state index contributed by atoms with van der Waals surface area (Å²) in [6.45, 7) is 1.57. The van der Waals surface area contributed by atoms with E-state index in [1.54, 1.807) is 31.2 Å². The van der Waals surface area contributed by atoms with E-state index < -0.39 is 5.97 Å².